The van der Waals surface area contributed by atoms with E-state index in [0.717, 1.165) is 16.0 Å². The first-order valence-corrected chi connectivity index (χ1v) is 9.75. The van der Waals surface area contributed by atoms with Crippen molar-refractivity contribution in [3.63, 3.8) is 0 Å². The van der Waals surface area contributed by atoms with E-state index in [0.29, 0.717) is 12.2 Å². The zero-order valence-corrected chi connectivity index (χ0v) is 13.6. The first-order chi connectivity index (χ1) is 8.21. The minimum Gasteiger partial charge on any atom is -0.412 e. The van der Waals surface area contributed by atoms with Gasteiger partial charge in [-0.3, -0.25) is 4.79 Å². The molecular weight excluding hydrogens is 264 g/mol. The quantitative estimate of drug-likeness (QED) is 0.665. The summed E-state index contributed by atoms with van der Waals surface area (Å²) in [5.41, 5.74) is 0.641. The Labute approximate surface area is 114 Å². The van der Waals surface area contributed by atoms with Crippen LogP contribution in [0.15, 0.2) is 6.07 Å². The monoisotopic (exact) mass is 286 g/mol. The molecular formula is C13H22O3SSi. The molecule has 5 heteroatoms. The molecule has 0 radical (unpaired) electrons. The average Bonchev–Trinajstić information content (AvgIpc) is 2.67. The molecule has 0 saturated carbocycles. The van der Waals surface area contributed by atoms with Crippen molar-refractivity contribution >= 4 is 25.9 Å². The van der Waals surface area contributed by atoms with Crippen LogP contribution >= 0.6 is 11.3 Å². The summed E-state index contributed by atoms with van der Waals surface area (Å²) in [6.07, 6.45) is 0.833. The zero-order chi connectivity index (χ0) is 14.0. The van der Waals surface area contributed by atoms with Crippen LogP contribution in [0.25, 0.3) is 0 Å². The van der Waals surface area contributed by atoms with E-state index in [1.807, 2.05) is 0 Å². The van der Waals surface area contributed by atoms with Crippen molar-refractivity contribution in [1.29, 1.82) is 0 Å². The maximum atomic E-state index is 11.0. The summed E-state index contributed by atoms with van der Waals surface area (Å²) in [6.45, 7) is 11.4. The highest BCUT2D eigenvalue weighted by atomic mass is 32.1. The third-order valence-electron chi connectivity index (χ3n) is 3.55. The molecule has 18 heavy (non-hydrogen) atoms. The van der Waals surface area contributed by atoms with Crippen LogP contribution in [0.2, 0.25) is 18.1 Å². The second-order valence-electron chi connectivity index (χ2n) is 5.92. The van der Waals surface area contributed by atoms with Crippen LogP contribution in [0.5, 0.6) is 0 Å². The van der Waals surface area contributed by atoms with Gasteiger partial charge in [-0.1, -0.05) is 20.8 Å². The van der Waals surface area contributed by atoms with Gasteiger partial charge in [0.15, 0.2) is 14.6 Å². The van der Waals surface area contributed by atoms with Gasteiger partial charge in [-0.05, 0) is 24.2 Å². The molecule has 1 N–H and O–H groups in total. The molecule has 0 saturated heterocycles. The maximum Gasteiger partial charge on any atom is 0.192 e. The van der Waals surface area contributed by atoms with Crippen LogP contribution < -0.4 is 0 Å². The van der Waals surface area contributed by atoms with Crippen molar-refractivity contribution in [2.45, 2.75) is 52.1 Å². The highest BCUT2D eigenvalue weighted by Crippen LogP contribution is 2.37. The van der Waals surface area contributed by atoms with Gasteiger partial charge in [-0.25, -0.2) is 0 Å². The number of hydrogen-bond donors (Lipinski definition) is 1. The fraction of sp³-hybridized carbons (Fsp3) is 0.615. The molecule has 3 nitrogen and oxygen atoms in total. The van der Waals surface area contributed by atoms with Crippen molar-refractivity contribution in [2.75, 3.05) is 0 Å². The number of hydrogen-bond acceptors (Lipinski definition) is 4. The second-order valence-corrected chi connectivity index (χ2v) is 11.9. The molecule has 0 atom stereocenters. The van der Waals surface area contributed by atoms with E-state index in [1.165, 1.54) is 11.3 Å². The normalized spacial score (nSPS) is 12.8. The maximum absolute atomic E-state index is 11.0. The van der Waals surface area contributed by atoms with Crippen molar-refractivity contribution in [3.05, 3.63) is 21.4 Å². The molecule has 1 rings (SSSR count). The van der Waals surface area contributed by atoms with Crippen LogP contribution in [0.1, 0.15) is 40.9 Å². The predicted octanol–water partition coefficient (Wildman–Crippen LogP) is 3.57. The predicted molar refractivity (Wildman–Crippen MR) is 77.6 cm³/mol. The van der Waals surface area contributed by atoms with Gasteiger partial charge < -0.3 is 9.53 Å². The lowest BCUT2D eigenvalue weighted by Crippen LogP contribution is -2.40. The number of aldehydes is 1. The SMILES string of the molecule is CC(C)(C)[Si](C)(C)OCc1sc(CO)cc1C=O. The lowest BCUT2D eigenvalue weighted by molar-refractivity contribution is 0.112. The molecule has 0 fully saturated rings. The largest absolute Gasteiger partial charge is 0.412 e. The minimum absolute atomic E-state index is 0.0222. The topological polar surface area (TPSA) is 46.5 Å². The standard InChI is InChI=1S/C13H22O3SSi/c1-13(2,3)18(4,5)16-9-12-10(7-14)6-11(8-15)17-12/h6-7,15H,8-9H2,1-5H3. The van der Waals surface area contributed by atoms with E-state index in [2.05, 4.69) is 33.9 Å². The second kappa shape index (κ2) is 5.65. The van der Waals surface area contributed by atoms with E-state index in [9.17, 15) is 4.79 Å². The Bertz CT molecular complexity index is 418. The highest BCUT2D eigenvalue weighted by molar-refractivity contribution is 7.12. The van der Waals surface area contributed by atoms with Gasteiger partial charge in [0.05, 0.1) is 13.2 Å². The summed E-state index contributed by atoms with van der Waals surface area (Å²) in [5.74, 6) is 0. The molecule has 1 aromatic heterocycles. The van der Waals surface area contributed by atoms with Crippen molar-refractivity contribution in [1.82, 2.24) is 0 Å². The average molecular weight is 286 g/mol. The Hall–Kier alpha value is -0.493. The van der Waals surface area contributed by atoms with Crippen molar-refractivity contribution in [2.24, 2.45) is 0 Å². The Kier molecular flexibility index (Phi) is 4.88. The summed E-state index contributed by atoms with van der Waals surface area (Å²) in [7, 11) is -1.80. The van der Waals surface area contributed by atoms with Crippen molar-refractivity contribution < 1.29 is 14.3 Å². The van der Waals surface area contributed by atoms with E-state index < -0.39 is 8.32 Å². The summed E-state index contributed by atoms with van der Waals surface area (Å²) in [4.78, 5) is 12.7. The summed E-state index contributed by atoms with van der Waals surface area (Å²) in [5, 5.41) is 9.25. The van der Waals surface area contributed by atoms with E-state index in [-0.39, 0.29) is 11.6 Å². The Morgan fingerprint density at radius 1 is 1.44 bits per heavy atom. The van der Waals surface area contributed by atoms with Crippen LogP contribution in [0, 0.1) is 0 Å². The van der Waals surface area contributed by atoms with Gasteiger partial charge in [-0.15, -0.1) is 11.3 Å². The van der Waals surface area contributed by atoms with Crippen LogP contribution in [0.3, 0.4) is 0 Å². The number of rotatable bonds is 5. The first-order valence-electron chi connectivity index (χ1n) is 6.03. The molecule has 0 aliphatic carbocycles. The lowest BCUT2D eigenvalue weighted by atomic mass is 10.2. The third kappa shape index (κ3) is 3.51. The number of thiophene rings is 1. The molecule has 1 aromatic rings. The zero-order valence-electron chi connectivity index (χ0n) is 11.7. The molecule has 0 bridgehead atoms. The van der Waals surface area contributed by atoms with Crippen LogP contribution in [-0.4, -0.2) is 19.7 Å². The Morgan fingerprint density at radius 2 is 2.06 bits per heavy atom. The molecule has 0 amide bonds. The van der Waals surface area contributed by atoms with Crippen LogP contribution in [-0.2, 0) is 17.6 Å². The summed E-state index contributed by atoms with van der Waals surface area (Å²) in [6, 6.07) is 1.74. The van der Waals surface area contributed by atoms with Crippen LogP contribution in [0.4, 0.5) is 0 Å². The van der Waals surface area contributed by atoms with Gasteiger partial charge in [-0.2, -0.15) is 0 Å². The molecule has 0 aromatic carbocycles. The molecule has 0 unspecified atom stereocenters. The van der Waals surface area contributed by atoms with E-state index >= 15 is 0 Å². The Balaban J connectivity index is 2.80. The fourth-order valence-corrected chi connectivity index (χ4v) is 3.21. The minimum atomic E-state index is -1.80. The summed E-state index contributed by atoms with van der Waals surface area (Å²) >= 11 is 1.45. The first kappa shape index (κ1) is 15.6. The smallest absolute Gasteiger partial charge is 0.192 e. The van der Waals surface area contributed by atoms with Gasteiger partial charge >= 0.3 is 0 Å². The molecule has 1 heterocycles. The van der Waals surface area contributed by atoms with E-state index in [4.69, 9.17) is 9.53 Å². The van der Waals surface area contributed by atoms with Gasteiger partial charge in [0.1, 0.15) is 0 Å². The number of aliphatic hydroxyl groups is 1. The fourth-order valence-electron chi connectivity index (χ4n) is 1.25. The highest BCUT2D eigenvalue weighted by Gasteiger charge is 2.37. The molecule has 102 valence electrons. The summed E-state index contributed by atoms with van der Waals surface area (Å²) < 4.78 is 6.09. The van der Waals surface area contributed by atoms with Gasteiger partial charge in [0.25, 0.3) is 0 Å². The third-order valence-corrected chi connectivity index (χ3v) is 9.13. The van der Waals surface area contributed by atoms with Gasteiger partial charge in [0, 0.05) is 15.3 Å². The number of carbonyl (C=O) groups excluding carboxylic acids is 1. The van der Waals surface area contributed by atoms with Crippen molar-refractivity contribution in [3.8, 4) is 0 Å². The lowest BCUT2D eigenvalue weighted by Gasteiger charge is -2.36. The molecule has 0 spiro atoms. The van der Waals surface area contributed by atoms with E-state index in [1.54, 1.807) is 6.07 Å². The molecule has 0 aliphatic heterocycles. The molecule has 0 aliphatic rings. The Morgan fingerprint density at radius 3 is 2.50 bits per heavy atom. The number of aliphatic hydroxyl groups excluding tert-OH is 1. The van der Waals surface area contributed by atoms with Gasteiger partial charge in [0.2, 0.25) is 0 Å². The number of carbonyl (C=O) groups is 1.